The summed E-state index contributed by atoms with van der Waals surface area (Å²) < 4.78 is 5.17. The minimum atomic E-state index is -0.187. The molecule has 3 rings (SSSR count). The zero-order valence-electron chi connectivity index (χ0n) is 14.4. The summed E-state index contributed by atoms with van der Waals surface area (Å²) in [5.41, 5.74) is 3.42. The van der Waals surface area contributed by atoms with Crippen LogP contribution in [0.3, 0.4) is 0 Å². The Kier molecular flexibility index (Phi) is 5.68. The van der Waals surface area contributed by atoms with E-state index >= 15 is 0 Å². The fourth-order valence-electron chi connectivity index (χ4n) is 3.07. The highest BCUT2D eigenvalue weighted by Gasteiger charge is 2.17. The minimum absolute atomic E-state index is 0.135. The van der Waals surface area contributed by atoms with E-state index in [1.165, 1.54) is 0 Å². The SMILES string of the molecule is COCc1ccccc1NC(=O)c1ccc(N2CCC(O)CC2)cc1. The summed E-state index contributed by atoms with van der Waals surface area (Å²) in [6.07, 6.45) is 1.39. The number of para-hydroxylation sites is 1. The Labute approximate surface area is 148 Å². The van der Waals surface area contributed by atoms with Gasteiger partial charge in [-0.05, 0) is 43.2 Å². The van der Waals surface area contributed by atoms with E-state index < -0.39 is 0 Å². The number of hydrogen-bond acceptors (Lipinski definition) is 4. The van der Waals surface area contributed by atoms with Crippen LogP contribution in [-0.2, 0) is 11.3 Å². The van der Waals surface area contributed by atoms with Gasteiger partial charge in [0.15, 0.2) is 0 Å². The van der Waals surface area contributed by atoms with Crippen molar-refractivity contribution in [1.82, 2.24) is 0 Å². The van der Waals surface area contributed by atoms with Gasteiger partial charge < -0.3 is 20.1 Å². The highest BCUT2D eigenvalue weighted by molar-refractivity contribution is 6.04. The normalized spacial score (nSPS) is 15.2. The molecular formula is C20H24N2O3. The molecule has 2 aromatic carbocycles. The maximum atomic E-state index is 12.5. The Morgan fingerprint density at radius 1 is 1.16 bits per heavy atom. The fourth-order valence-corrected chi connectivity index (χ4v) is 3.07. The van der Waals surface area contributed by atoms with Gasteiger partial charge in [0.2, 0.25) is 0 Å². The highest BCUT2D eigenvalue weighted by atomic mass is 16.5. The van der Waals surface area contributed by atoms with Crippen LogP contribution in [0.5, 0.6) is 0 Å². The lowest BCUT2D eigenvalue weighted by atomic mass is 10.1. The van der Waals surface area contributed by atoms with Crippen LogP contribution in [-0.4, -0.2) is 37.3 Å². The summed E-state index contributed by atoms with van der Waals surface area (Å²) >= 11 is 0. The summed E-state index contributed by atoms with van der Waals surface area (Å²) in [5.74, 6) is -0.135. The van der Waals surface area contributed by atoms with Gasteiger partial charge in [-0.1, -0.05) is 18.2 Å². The number of piperidine rings is 1. The zero-order valence-corrected chi connectivity index (χ0v) is 14.4. The van der Waals surface area contributed by atoms with Gasteiger partial charge >= 0.3 is 0 Å². The van der Waals surface area contributed by atoms with E-state index in [2.05, 4.69) is 10.2 Å². The summed E-state index contributed by atoms with van der Waals surface area (Å²) in [6.45, 7) is 2.14. The van der Waals surface area contributed by atoms with Gasteiger partial charge in [0.25, 0.3) is 5.91 Å². The smallest absolute Gasteiger partial charge is 0.255 e. The monoisotopic (exact) mass is 340 g/mol. The van der Waals surface area contributed by atoms with Crippen molar-refractivity contribution in [2.24, 2.45) is 0 Å². The Morgan fingerprint density at radius 3 is 2.52 bits per heavy atom. The molecule has 0 bridgehead atoms. The molecule has 0 aliphatic carbocycles. The fraction of sp³-hybridized carbons (Fsp3) is 0.350. The molecule has 2 aromatic rings. The van der Waals surface area contributed by atoms with Crippen LogP contribution in [0.2, 0.25) is 0 Å². The molecule has 0 radical (unpaired) electrons. The Hall–Kier alpha value is -2.37. The second-order valence-corrected chi connectivity index (χ2v) is 6.31. The Balaban J connectivity index is 1.67. The van der Waals surface area contributed by atoms with Crippen molar-refractivity contribution in [2.75, 3.05) is 30.4 Å². The molecule has 25 heavy (non-hydrogen) atoms. The molecule has 5 nitrogen and oxygen atoms in total. The van der Waals surface area contributed by atoms with Gasteiger partial charge in [-0.25, -0.2) is 0 Å². The number of amides is 1. The van der Waals surface area contributed by atoms with Gasteiger partial charge in [0.05, 0.1) is 12.7 Å². The molecule has 0 unspecified atom stereocenters. The zero-order chi connectivity index (χ0) is 17.6. The lowest BCUT2D eigenvalue weighted by molar-refractivity contribution is 0.102. The van der Waals surface area contributed by atoms with Crippen LogP contribution >= 0.6 is 0 Å². The number of aliphatic hydroxyl groups is 1. The molecule has 5 heteroatoms. The number of ether oxygens (including phenoxy) is 1. The van der Waals surface area contributed by atoms with Crippen LogP contribution in [0.25, 0.3) is 0 Å². The van der Waals surface area contributed by atoms with Crippen molar-refractivity contribution in [3.8, 4) is 0 Å². The third kappa shape index (κ3) is 4.38. The molecule has 1 heterocycles. The number of nitrogens with zero attached hydrogens (tertiary/aromatic N) is 1. The first-order chi connectivity index (χ1) is 12.2. The second kappa shape index (κ2) is 8.14. The number of aliphatic hydroxyl groups excluding tert-OH is 1. The molecule has 1 fully saturated rings. The van der Waals surface area contributed by atoms with Crippen LogP contribution < -0.4 is 10.2 Å². The van der Waals surface area contributed by atoms with Crippen LogP contribution in [0.1, 0.15) is 28.8 Å². The van der Waals surface area contributed by atoms with E-state index in [0.29, 0.717) is 12.2 Å². The van der Waals surface area contributed by atoms with Crippen molar-refractivity contribution in [2.45, 2.75) is 25.6 Å². The molecule has 132 valence electrons. The lowest BCUT2D eigenvalue weighted by Gasteiger charge is -2.31. The number of benzene rings is 2. The molecule has 1 aliphatic rings. The van der Waals surface area contributed by atoms with Crippen molar-refractivity contribution in [1.29, 1.82) is 0 Å². The Morgan fingerprint density at radius 2 is 1.84 bits per heavy atom. The van der Waals surface area contributed by atoms with E-state index in [1.807, 2.05) is 48.5 Å². The first kappa shape index (κ1) is 17.5. The van der Waals surface area contributed by atoms with Gasteiger partial charge in [0.1, 0.15) is 0 Å². The molecule has 1 aliphatic heterocycles. The predicted molar refractivity (Wildman–Crippen MR) is 99.0 cm³/mol. The second-order valence-electron chi connectivity index (χ2n) is 6.31. The first-order valence-electron chi connectivity index (χ1n) is 8.58. The predicted octanol–water partition coefficient (Wildman–Crippen LogP) is 3.05. The molecule has 0 aromatic heterocycles. The summed E-state index contributed by atoms with van der Waals surface area (Å²) in [6, 6.07) is 15.2. The minimum Gasteiger partial charge on any atom is -0.393 e. The molecule has 0 saturated carbocycles. The molecule has 2 N–H and O–H groups in total. The maximum absolute atomic E-state index is 12.5. The van der Waals surface area contributed by atoms with E-state index in [0.717, 1.165) is 42.9 Å². The first-order valence-corrected chi connectivity index (χ1v) is 8.58. The highest BCUT2D eigenvalue weighted by Crippen LogP contribution is 2.22. The van der Waals surface area contributed by atoms with Crippen LogP contribution in [0.15, 0.2) is 48.5 Å². The van der Waals surface area contributed by atoms with E-state index in [1.54, 1.807) is 7.11 Å². The van der Waals surface area contributed by atoms with Crippen LogP contribution in [0, 0.1) is 0 Å². The van der Waals surface area contributed by atoms with E-state index in [4.69, 9.17) is 4.74 Å². The summed E-state index contributed by atoms with van der Waals surface area (Å²) in [5, 5.41) is 12.6. The standard InChI is InChI=1S/C20H24N2O3/c1-25-14-16-4-2-3-5-19(16)21-20(24)15-6-8-17(9-7-15)22-12-10-18(23)11-13-22/h2-9,18,23H,10-14H2,1H3,(H,21,24). The molecule has 1 saturated heterocycles. The van der Waals surface area contributed by atoms with Gasteiger partial charge in [-0.3, -0.25) is 4.79 Å². The third-order valence-corrected chi connectivity index (χ3v) is 4.52. The number of methoxy groups -OCH3 is 1. The quantitative estimate of drug-likeness (QED) is 0.878. The Bertz CT molecular complexity index is 707. The average Bonchev–Trinajstić information content (AvgIpc) is 2.64. The van der Waals surface area contributed by atoms with Crippen molar-refractivity contribution >= 4 is 17.3 Å². The molecule has 0 spiro atoms. The molecule has 0 atom stereocenters. The largest absolute Gasteiger partial charge is 0.393 e. The van der Waals surface area contributed by atoms with Crippen molar-refractivity contribution in [3.05, 3.63) is 59.7 Å². The van der Waals surface area contributed by atoms with E-state index in [9.17, 15) is 9.90 Å². The number of carbonyl (C=O) groups excluding carboxylic acids is 1. The van der Waals surface area contributed by atoms with Crippen molar-refractivity contribution in [3.63, 3.8) is 0 Å². The summed E-state index contributed by atoms with van der Waals surface area (Å²) in [4.78, 5) is 14.7. The average molecular weight is 340 g/mol. The van der Waals surface area contributed by atoms with E-state index in [-0.39, 0.29) is 12.0 Å². The number of anilines is 2. The molecular weight excluding hydrogens is 316 g/mol. The lowest BCUT2D eigenvalue weighted by Crippen LogP contribution is -2.35. The molecule has 1 amide bonds. The maximum Gasteiger partial charge on any atom is 0.255 e. The van der Waals surface area contributed by atoms with Gasteiger partial charge in [0, 0.05) is 42.7 Å². The van der Waals surface area contributed by atoms with Gasteiger partial charge in [-0.15, -0.1) is 0 Å². The number of carbonyl (C=O) groups is 1. The third-order valence-electron chi connectivity index (χ3n) is 4.52. The summed E-state index contributed by atoms with van der Waals surface area (Å²) in [7, 11) is 1.64. The number of hydrogen-bond donors (Lipinski definition) is 2. The van der Waals surface area contributed by atoms with Gasteiger partial charge in [-0.2, -0.15) is 0 Å². The number of nitrogens with one attached hydrogen (secondary N) is 1. The topological polar surface area (TPSA) is 61.8 Å². The van der Waals surface area contributed by atoms with Crippen LogP contribution in [0.4, 0.5) is 11.4 Å². The van der Waals surface area contributed by atoms with Crippen molar-refractivity contribution < 1.29 is 14.6 Å². The number of rotatable bonds is 5.